The van der Waals surface area contributed by atoms with Crippen LogP contribution in [0.2, 0.25) is 0 Å². The van der Waals surface area contributed by atoms with Gasteiger partial charge in [0.15, 0.2) is 0 Å². The summed E-state index contributed by atoms with van der Waals surface area (Å²) in [5, 5.41) is 12.2. The first kappa shape index (κ1) is 11.0. The maximum absolute atomic E-state index is 8.58. The van der Waals surface area contributed by atoms with Crippen molar-refractivity contribution in [2.45, 2.75) is 44.6 Å². The second kappa shape index (κ2) is 5.55. The second-order valence-electron chi connectivity index (χ2n) is 4.51. The maximum atomic E-state index is 8.58. The van der Waals surface area contributed by atoms with Crippen molar-refractivity contribution in [3.8, 4) is 6.07 Å². The molecular formula is C14H18N2. The lowest BCUT2D eigenvalue weighted by Crippen LogP contribution is -2.22. The van der Waals surface area contributed by atoms with Crippen molar-refractivity contribution in [3.63, 3.8) is 0 Å². The van der Waals surface area contributed by atoms with Crippen LogP contribution in [0.5, 0.6) is 0 Å². The molecule has 0 amide bonds. The van der Waals surface area contributed by atoms with Crippen LogP contribution in [-0.2, 0) is 6.42 Å². The zero-order valence-corrected chi connectivity index (χ0v) is 9.58. The molecule has 0 aromatic heterocycles. The third-order valence-electron chi connectivity index (χ3n) is 3.21. The van der Waals surface area contributed by atoms with Crippen molar-refractivity contribution >= 4 is 5.69 Å². The van der Waals surface area contributed by atoms with Gasteiger partial charge in [0, 0.05) is 11.7 Å². The Bertz CT molecular complexity index is 355. The number of anilines is 1. The molecule has 1 N–H and O–H groups in total. The Labute approximate surface area is 97.3 Å². The van der Waals surface area contributed by atoms with Gasteiger partial charge in [-0.2, -0.15) is 5.26 Å². The lowest BCUT2D eigenvalue weighted by atomic mass is 9.95. The van der Waals surface area contributed by atoms with Gasteiger partial charge in [0.25, 0.3) is 0 Å². The normalized spacial score (nSPS) is 16.7. The molecule has 0 aliphatic heterocycles. The van der Waals surface area contributed by atoms with E-state index in [0.717, 1.165) is 5.56 Å². The predicted octanol–water partition coefficient (Wildman–Crippen LogP) is 3.50. The molecule has 1 aromatic rings. The van der Waals surface area contributed by atoms with Crippen LogP contribution in [-0.4, -0.2) is 6.04 Å². The quantitative estimate of drug-likeness (QED) is 0.836. The number of hydrogen-bond acceptors (Lipinski definition) is 2. The largest absolute Gasteiger partial charge is 0.382 e. The lowest BCUT2D eigenvalue weighted by Gasteiger charge is -2.23. The lowest BCUT2D eigenvalue weighted by molar-refractivity contribution is 0.463. The van der Waals surface area contributed by atoms with Crippen molar-refractivity contribution in [1.82, 2.24) is 0 Å². The average Bonchev–Trinajstić information content (AvgIpc) is 2.33. The molecule has 0 unspecified atom stereocenters. The van der Waals surface area contributed by atoms with Crippen molar-refractivity contribution < 1.29 is 0 Å². The van der Waals surface area contributed by atoms with Crippen LogP contribution in [0.4, 0.5) is 5.69 Å². The minimum atomic E-state index is 0.504. The molecule has 1 aliphatic carbocycles. The van der Waals surface area contributed by atoms with E-state index in [-0.39, 0.29) is 0 Å². The molecule has 2 rings (SSSR count). The minimum absolute atomic E-state index is 0.504. The van der Waals surface area contributed by atoms with E-state index in [1.807, 2.05) is 12.1 Å². The van der Waals surface area contributed by atoms with Gasteiger partial charge >= 0.3 is 0 Å². The number of benzene rings is 1. The monoisotopic (exact) mass is 214 g/mol. The molecule has 0 heterocycles. The summed E-state index contributed by atoms with van der Waals surface area (Å²) in [6, 6.07) is 11.1. The van der Waals surface area contributed by atoms with Crippen LogP contribution < -0.4 is 5.32 Å². The van der Waals surface area contributed by atoms with Crippen molar-refractivity contribution in [2.75, 3.05) is 5.32 Å². The first-order valence-corrected chi connectivity index (χ1v) is 6.11. The van der Waals surface area contributed by atoms with Crippen molar-refractivity contribution in [3.05, 3.63) is 29.8 Å². The highest BCUT2D eigenvalue weighted by Crippen LogP contribution is 2.21. The summed E-state index contributed by atoms with van der Waals surface area (Å²) in [5.74, 6) is 0. The first-order chi connectivity index (χ1) is 7.88. The molecule has 2 heteroatoms. The number of rotatable bonds is 3. The number of nitrogens with one attached hydrogen (secondary N) is 1. The molecule has 0 radical (unpaired) electrons. The molecule has 2 nitrogen and oxygen atoms in total. The third kappa shape index (κ3) is 3.00. The van der Waals surface area contributed by atoms with Crippen LogP contribution in [0.3, 0.4) is 0 Å². The van der Waals surface area contributed by atoms with Gasteiger partial charge in [0.05, 0.1) is 12.5 Å². The minimum Gasteiger partial charge on any atom is -0.382 e. The van der Waals surface area contributed by atoms with E-state index in [2.05, 4.69) is 23.5 Å². The summed E-state index contributed by atoms with van der Waals surface area (Å²) < 4.78 is 0. The molecule has 16 heavy (non-hydrogen) atoms. The highest BCUT2D eigenvalue weighted by molar-refractivity contribution is 5.45. The third-order valence-corrected chi connectivity index (χ3v) is 3.21. The Morgan fingerprint density at radius 1 is 1.12 bits per heavy atom. The molecular weight excluding hydrogens is 196 g/mol. The Morgan fingerprint density at radius 3 is 2.44 bits per heavy atom. The van der Waals surface area contributed by atoms with E-state index in [0.29, 0.717) is 12.5 Å². The highest BCUT2D eigenvalue weighted by atomic mass is 14.9. The fourth-order valence-electron chi connectivity index (χ4n) is 2.29. The highest BCUT2D eigenvalue weighted by Gasteiger charge is 2.12. The zero-order chi connectivity index (χ0) is 11.2. The fourth-order valence-corrected chi connectivity index (χ4v) is 2.29. The number of nitriles is 1. The Balaban J connectivity index is 1.91. The SMILES string of the molecule is N#CCc1ccc(NC2CCCCC2)cc1. The van der Waals surface area contributed by atoms with E-state index in [1.54, 1.807) is 0 Å². The summed E-state index contributed by atoms with van der Waals surface area (Å²) >= 11 is 0. The smallest absolute Gasteiger partial charge is 0.0669 e. The summed E-state index contributed by atoms with van der Waals surface area (Å²) in [5.41, 5.74) is 2.28. The predicted molar refractivity (Wildman–Crippen MR) is 66.3 cm³/mol. The Hall–Kier alpha value is -1.49. The van der Waals surface area contributed by atoms with Gasteiger partial charge in [0.2, 0.25) is 0 Å². The Kier molecular flexibility index (Phi) is 3.82. The summed E-state index contributed by atoms with van der Waals surface area (Å²) in [6.45, 7) is 0. The molecule has 1 saturated carbocycles. The number of hydrogen-bond donors (Lipinski definition) is 1. The van der Waals surface area contributed by atoms with Crippen LogP contribution in [0, 0.1) is 11.3 Å². The standard InChI is InChI=1S/C14H18N2/c15-11-10-12-6-8-14(9-7-12)16-13-4-2-1-3-5-13/h6-9,13,16H,1-5,10H2. The molecule has 1 fully saturated rings. The first-order valence-electron chi connectivity index (χ1n) is 6.11. The van der Waals surface area contributed by atoms with E-state index >= 15 is 0 Å². The molecule has 0 saturated heterocycles. The van der Waals surface area contributed by atoms with Crippen LogP contribution in [0.1, 0.15) is 37.7 Å². The van der Waals surface area contributed by atoms with Crippen molar-refractivity contribution in [2.24, 2.45) is 0 Å². The van der Waals surface area contributed by atoms with Gasteiger partial charge in [0.1, 0.15) is 0 Å². The van der Waals surface area contributed by atoms with Gasteiger partial charge in [-0.05, 0) is 30.5 Å². The van der Waals surface area contributed by atoms with E-state index in [4.69, 9.17) is 5.26 Å². The van der Waals surface area contributed by atoms with Gasteiger partial charge < -0.3 is 5.32 Å². The van der Waals surface area contributed by atoms with Gasteiger partial charge in [-0.25, -0.2) is 0 Å². The van der Waals surface area contributed by atoms with Crippen LogP contribution in [0.25, 0.3) is 0 Å². The molecule has 0 spiro atoms. The number of nitrogens with zero attached hydrogens (tertiary/aromatic N) is 1. The van der Waals surface area contributed by atoms with Crippen LogP contribution >= 0.6 is 0 Å². The van der Waals surface area contributed by atoms with E-state index in [1.165, 1.54) is 37.8 Å². The second-order valence-corrected chi connectivity index (χ2v) is 4.51. The van der Waals surface area contributed by atoms with E-state index in [9.17, 15) is 0 Å². The van der Waals surface area contributed by atoms with Crippen molar-refractivity contribution in [1.29, 1.82) is 5.26 Å². The van der Waals surface area contributed by atoms with Gasteiger partial charge in [-0.1, -0.05) is 31.4 Å². The maximum Gasteiger partial charge on any atom is 0.0669 e. The summed E-state index contributed by atoms with van der Waals surface area (Å²) in [6.07, 6.45) is 7.18. The van der Waals surface area contributed by atoms with Gasteiger partial charge in [-0.3, -0.25) is 0 Å². The molecule has 84 valence electrons. The van der Waals surface area contributed by atoms with Crippen LogP contribution in [0.15, 0.2) is 24.3 Å². The van der Waals surface area contributed by atoms with Gasteiger partial charge in [-0.15, -0.1) is 0 Å². The summed E-state index contributed by atoms with van der Waals surface area (Å²) in [7, 11) is 0. The molecule has 0 atom stereocenters. The molecule has 1 aliphatic rings. The summed E-state index contributed by atoms with van der Waals surface area (Å²) in [4.78, 5) is 0. The molecule has 1 aromatic carbocycles. The average molecular weight is 214 g/mol. The fraction of sp³-hybridized carbons (Fsp3) is 0.500. The Morgan fingerprint density at radius 2 is 1.81 bits per heavy atom. The molecule has 0 bridgehead atoms. The van der Waals surface area contributed by atoms with E-state index < -0.39 is 0 Å². The zero-order valence-electron chi connectivity index (χ0n) is 9.58. The topological polar surface area (TPSA) is 35.8 Å².